The van der Waals surface area contributed by atoms with Gasteiger partial charge in [-0.3, -0.25) is 0 Å². The molecule has 0 aromatic carbocycles. The van der Waals surface area contributed by atoms with Crippen molar-refractivity contribution in [3.05, 3.63) is 48.6 Å². The molecule has 0 aliphatic carbocycles. The molecular formula is C45H84N2O2. The van der Waals surface area contributed by atoms with E-state index in [1.807, 2.05) is 0 Å². The van der Waals surface area contributed by atoms with Crippen LogP contribution in [0.1, 0.15) is 174 Å². The Morgan fingerprint density at radius 2 is 0.918 bits per heavy atom. The van der Waals surface area contributed by atoms with Crippen LogP contribution in [0.5, 0.6) is 0 Å². The predicted molar refractivity (Wildman–Crippen MR) is 218 cm³/mol. The van der Waals surface area contributed by atoms with Crippen molar-refractivity contribution in [2.75, 3.05) is 59.6 Å². The topological polar surface area (TPSA) is 24.9 Å². The summed E-state index contributed by atoms with van der Waals surface area (Å²) in [5, 5.41) is 0. The zero-order valence-electron chi connectivity index (χ0n) is 33.2. The lowest BCUT2D eigenvalue weighted by Gasteiger charge is -2.33. The second-order valence-corrected chi connectivity index (χ2v) is 14.7. The SMILES string of the molecule is CCCCC/C=C\C/C=C\CCCCCCCCOCC(CCN1CCN(C)CC1)OCCCCCCCC/C=C\C/C=C\CCCCC. The van der Waals surface area contributed by atoms with Gasteiger partial charge in [0.1, 0.15) is 0 Å². The first kappa shape index (κ1) is 45.8. The Kier molecular flexibility index (Phi) is 35.6. The Morgan fingerprint density at radius 1 is 0.490 bits per heavy atom. The third-order valence-electron chi connectivity index (χ3n) is 9.85. The van der Waals surface area contributed by atoms with Crippen LogP contribution in [0.25, 0.3) is 0 Å². The molecule has 1 rings (SSSR count). The zero-order valence-corrected chi connectivity index (χ0v) is 33.2. The van der Waals surface area contributed by atoms with Gasteiger partial charge in [0.15, 0.2) is 0 Å². The van der Waals surface area contributed by atoms with E-state index in [-0.39, 0.29) is 6.10 Å². The number of hydrogen-bond donors (Lipinski definition) is 0. The highest BCUT2D eigenvalue weighted by molar-refractivity contribution is 4.93. The van der Waals surface area contributed by atoms with Gasteiger partial charge >= 0.3 is 0 Å². The Hall–Kier alpha value is -1.20. The molecule has 0 saturated carbocycles. The van der Waals surface area contributed by atoms with Crippen molar-refractivity contribution < 1.29 is 9.47 Å². The molecule has 0 amide bonds. The smallest absolute Gasteiger partial charge is 0.0820 e. The molecule has 0 bridgehead atoms. The molecule has 1 aliphatic rings. The van der Waals surface area contributed by atoms with Crippen LogP contribution in [-0.2, 0) is 9.47 Å². The third-order valence-corrected chi connectivity index (χ3v) is 9.85. The van der Waals surface area contributed by atoms with Gasteiger partial charge in [-0.05, 0) is 90.5 Å². The highest BCUT2D eigenvalue weighted by Crippen LogP contribution is 2.12. The van der Waals surface area contributed by atoms with E-state index in [1.165, 1.54) is 167 Å². The zero-order chi connectivity index (χ0) is 35.1. The van der Waals surface area contributed by atoms with E-state index in [1.54, 1.807) is 0 Å². The average Bonchev–Trinajstić information content (AvgIpc) is 3.11. The number of unbranched alkanes of at least 4 members (excludes halogenated alkanes) is 18. The summed E-state index contributed by atoms with van der Waals surface area (Å²) < 4.78 is 12.6. The fourth-order valence-electron chi connectivity index (χ4n) is 6.36. The summed E-state index contributed by atoms with van der Waals surface area (Å²) in [5.41, 5.74) is 0. The maximum absolute atomic E-state index is 6.42. The minimum Gasteiger partial charge on any atom is -0.379 e. The van der Waals surface area contributed by atoms with Gasteiger partial charge in [0.25, 0.3) is 0 Å². The van der Waals surface area contributed by atoms with Crippen LogP contribution >= 0.6 is 0 Å². The van der Waals surface area contributed by atoms with Crippen molar-refractivity contribution in [1.82, 2.24) is 9.80 Å². The number of likely N-dealkylation sites (N-methyl/N-ethyl adjacent to an activating group) is 1. The predicted octanol–water partition coefficient (Wildman–Crippen LogP) is 12.7. The molecule has 1 aliphatic heterocycles. The van der Waals surface area contributed by atoms with E-state index in [2.05, 4.69) is 79.3 Å². The molecule has 0 aromatic rings. The lowest BCUT2D eigenvalue weighted by atomic mass is 10.1. The largest absolute Gasteiger partial charge is 0.379 e. The van der Waals surface area contributed by atoms with E-state index < -0.39 is 0 Å². The van der Waals surface area contributed by atoms with Crippen LogP contribution in [-0.4, -0.2) is 75.5 Å². The summed E-state index contributed by atoms with van der Waals surface area (Å²) >= 11 is 0. The first-order chi connectivity index (χ1) is 24.3. The van der Waals surface area contributed by atoms with Crippen LogP contribution in [0.4, 0.5) is 0 Å². The normalized spacial score (nSPS) is 15.7. The van der Waals surface area contributed by atoms with Crippen molar-refractivity contribution >= 4 is 0 Å². The van der Waals surface area contributed by atoms with Crippen molar-refractivity contribution in [2.45, 2.75) is 180 Å². The fourth-order valence-corrected chi connectivity index (χ4v) is 6.36. The van der Waals surface area contributed by atoms with Crippen LogP contribution in [0.15, 0.2) is 48.6 Å². The molecule has 4 heteroatoms. The monoisotopic (exact) mass is 685 g/mol. The Balaban J connectivity index is 2.06. The number of allylic oxidation sites excluding steroid dienone is 8. The van der Waals surface area contributed by atoms with Gasteiger partial charge in [0, 0.05) is 45.9 Å². The molecule has 49 heavy (non-hydrogen) atoms. The standard InChI is InChI=1S/C45H84N2O2/c1-4-6-8-10-12-14-16-18-20-22-24-26-28-30-32-34-42-48-44-45(36-37-47-40-38-46(3)39-41-47)49-43-35-33-31-29-27-25-23-21-19-17-15-13-11-9-7-5-2/h12-15,18-21,45H,4-11,16-17,22-44H2,1-3H3/b14-12-,15-13-,20-18-,21-19-. The Morgan fingerprint density at radius 3 is 1.41 bits per heavy atom. The van der Waals surface area contributed by atoms with Crippen molar-refractivity contribution in [3.8, 4) is 0 Å². The van der Waals surface area contributed by atoms with E-state index >= 15 is 0 Å². The minimum atomic E-state index is 0.238. The number of piperazine rings is 1. The molecular weight excluding hydrogens is 601 g/mol. The summed E-state index contributed by atoms with van der Waals surface area (Å²) in [4.78, 5) is 5.05. The number of rotatable bonds is 36. The first-order valence-corrected chi connectivity index (χ1v) is 21.5. The van der Waals surface area contributed by atoms with E-state index in [4.69, 9.17) is 9.47 Å². The quantitative estimate of drug-likeness (QED) is 0.0484. The maximum Gasteiger partial charge on any atom is 0.0820 e. The van der Waals surface area contributed by atoms with E-state index in [0.717, 1.165) is 45.6 Å². The van der Waals surface area contributed by atoms with E-state index in [9.17, 15) is 0 Å². The lowest BCUT2D eigenvalue weighted by Crippen LogP contribution is -2.45. The van der Waals surface area contributed by atoms with Crippen LogP contribution in [0.3, 0.4) is 0 Å². The summed E-state index contributed by atoms with van der Waals surface area (Å²) in [5.74, 6) is 0. The molecule has 286 valence electrons. The Labute approximate surface area is 307 Å². The van der Waals surface area contributed by atoms with Crippen molar-refractivity contribution in [2.24, 2.45) is 0 Å². The highest BCUT2D eigenvalue weighted by atomic mass is 16.5. The van der Waals surface area contributed by atoms with Gasteiger partial charge in [-0.1, -0.05) is 140 Å². The molecule has 1 atom stereocenters. The summed E-state index contributed by atoms with van der Waals surface area (Å²) in [7, 11) is 2.23. The van der Waals surface area contributed by atoms with Crippen molar-refractivity contribution in [1.29, 1.82) is 0 Å². The summed E-state index contributed by atoms with van der Waals surface area (Å²) in [6.07, 6.45) is 51.0. The molecule has 1 heterocycles. The molecule has 1 fully saturated rings. The lowest BCUT2D eigenvalue weighted by molar-refractivity contribution is -0.0276. The molecule has 4 nitrogen and oxygen atoms in total. The summed E-state index contributed by atoms with van der Waals surface area (Å²) in [6.45, 7) is 12.9. The Bertz CT molecular complexity index is 768. The average molecular weight is 685 g/mol. The van der Waals surface area contributed by atoms with Crippen LogP contribution in [0, 0.1) is 0 Å². The van der Waals surface area contributed by atoms with Gasteiger partial charge in [-0.2, -0.15) is 0 Å². The molecule has 0 aromatic heterocycles. The highest BCUT2D eigenvalue weighted by Gasteiger charge is 2.16. The first-order valence-electron chi connectivity index (χ1n) is 21.5. The fraction of sp³-hybridized carbons (Fsp3) is 0.822. The third kappa shape index (κ3) is 33.7. The summed E-state index contributed by atoms with van der Waals surface area (Å²) in [6, 6.07) is 0. The second-order valence-electron chi connectivity index (χ2n) is 14.7. The number of ether oxygens (including phenoxy) is 2. The molecule has 0 spiro atoms. The molecule has 1 saturated heterocycles. The molecule has 0 radical (unpaired) electrons. The second kappa shape index (κ2) is 38.0. The van der Waals surface area contributed by atoms with Crippen molar-refractivity contribution in [3.63, 3.8) is 0 Å². The number of hydrogen-bond acceptors (Lipinski definition) is 4. The van der Waals surface area contributed by atoms with Gasteiger partial charge < -0.3 is 19.3 Å². The van der Waals surface area contributed by atoms with E-state index in [0.29, 0.717) is 0 Å². The minimum absolute atomic E-state index is 0.238. The van der Waals surface area contributed by atoms with Crippen LogP contribution < -0.4 is 0 Å². The van der Waals surface area contributed by atoms with Gasteiger partial charge in [0.2, 0.25) is 0 Å². The van der Waals surface area contributed by atoms with Gasteiger partial charge in [-0.15, -0.1) is 0 Å². The van der Waals surface area contributed by atoms with Gasteiger partial charge in [0.05, 0.1) is 12.7 Å². The van der Waals surface area contributed by atoms with Gasteiger partial charge in [-0.25, -0.2) is 0 Å². The van der Waals surface area contributed by atoms with Crippen LogP contribution in [0.2, 0.25) is 0 Å². The molecule has 1 unspecified atom stereocenters. The number of nitrogens with zero attached hydrogens (tertiary/aromatic N) is 2. The molecule has 0 N–H and O–H groups in total. The maximum atomic E-state index is 6.42.